The van der Waals surface area contributed by atoms with Crippen LogP contribution >= 0.6 is 0 Å². The van der Waals surface area contributed by atoms with Crippen molar-refractivity contribution in [2.75, 3.05) is 20.2 Å². The number of ether oxygens (including phenoxy) is 1. The smallest absolute Gasteiger partial charge is 0.242 e. The van der Waals surface area contributed by atoms with Crippen molar-refractivity contribution >= 4 is 11.8 Å². The Kier molecular flexibility index (Phi) is 5.61. The Morgan fingerprint density at radius 2 is 2.04 bits per heavy atom. The van der Waals surface area contributed by atoms with Gasteiger partial charge in [-0.25, -0.2) is 0 Å². The molecule has 2 aliphatic rings. The largest absolute Gasteiger partial charge is 0.496 e. The summed E-state index contributed by atoms with van der Waals surface area (Å²) >= 11 is 0. The number of nitrogens with one attached hydrogen (secondary N) is 1. The highest BCUT2D eigenvalue weighted by atomic mass is 16.5. The number of rotatable bonds is 6. The number of hydrogen-bond donors (Lipinski definition) is 1. The maximum Gasteiger partial charge on any atom is 0.242 e. The number of likely N-dealkylation sites (tertiary alicyclic amines) is 1. The molecule has 0 bridgehead atoms. The molecule has 1 aliphatic heterocycles. The molecular formula is C20H28N2O3. The molecule has 5 heteroatoms. The molecule has 3 atom stereocenters. The van der Waals surface area contributed by atoms with E-state index in [1.165, 1.54) is 0 Å². The lowest BCUT2D eigenvalue weighted by molar-refractivity contribution is -0.143. The fourth-order valence-corrected chi connectivity index (χ4v) is 3.69. The fourth-order valence-electron chi connectivity index (χ4n) is 3.69. The van der Waals surface area contributed by atoms with Gasteiger partial charge in [0.2, 0.25) is 11.8 Å². The van der Waals surface area contributed by atoms with E-state index in [0.29, 0.717) is 19.0 Å². The summed E-state index contributed by atoms with van der Waals surface area (Å²) in [7, 11) is 1.65. The molecule has 1 heterocycles. The Balaban J connectivity index is 1.54. The molecule has 0 unspecified atom stereocenters. The molecule has 1 saturated carbocycles. The first kappa shape index (κ1) is 17.8. The minimum absolute atomic E-state index is 0.0174. The summed E-state index contributed by atoms with van der Waals surface area (Å²) < 4.78 is 5.35. The molecule has 1 aromatic rings. The zero-order valence-electron chi connectivity index (χ0n) is 15.2. The van der Waals surface area contributed by atoms with Gasteiger partial charge in [0.1, 0.15) is 11.8 Å². The molecule has 136 valence electrons. The number of benzene rings is 1. The average Bonchev–Trinajstić information content (AvgIpc) is 3.38. The Bertz CT molecular complexity index is 631. The van der Waals surface area contributed by atoms with Crippen LogP contribution < -0.4 is 10.1 Å². The summed E-state index contributed by atoms with van der Waals surface area (Å²) in [6, 6.07) is 7.54. The zero-order chi connectivity index (χ0) is 17.8. The quantitative estimate of drug-likeness (QED) is 0.862. The van der Waals surface area contributed by atoms with Crippen LogP contribution in [0, 0.1) is 11.8 Å². The van der Waals surface area contributed by atoms with Crippen LogP contribution in [0.2, 0.25) is 0 Å². The van der Waals surface area contributed by atoms with Crippen LogP contribution in [0.4, 0.5) is 0 Å². The van der Waals surface area contributed by atoms with Crippen molar-refractivity contribution in [3.8, 4) is 5.75 Å². The third-order valence-electron chi connectivity index (χ3n) is 5.40. The van der Waals surface area contributed by atoms with Gasteiger partial charge in [0, 0.05) is 19.0 Å². The molecule has 1 aliphatic carbocycles. The van der Waals surface area contributed by atoms with Crippen LogP contribution in [-0.2, 0) is 16.0 Å². The first-order chi connectivity index (χ1) is 12.1. The molecule has 0 radical (unpaired) electrons. The van der Waals surface area contributed by atoms with Crippen molar-refractivity contribution in [2.45, 2.75) is 45.1 Å². The topological polar surface area (TPSA) is 58.6 Å². The average molecular weight is 344 g/mol. The van der Waals surface area contributed by atoms with Gasteiger partial charge in [0.25, 0.3) is 0 Å². The lowest BCUT2D eigenvalue weighted by Gasteiger charge is -2.35. The Morgan fingerprint density at radius 1 is 1.28 bits per heavy atom. The van der Waals surface area contributed by atoms with Gasteiger partial charge < -0.3 is 15.0 Å². The van der Waals surface area contributed by atoms with Crippen molar-refractivity contribution in [1.29, 1.82) is 0 Å². The summed E-state index contributed by atoms with van der Waals surface area (Å²) in [5.74, 6) is 1.62. The number of hydrogen-bond acceptors (Lipinski definition) is 3. The molecule has 1 saturated heterocycles. The second kappa shape index (κ2) is 7.89. The van der Waals surface area contributed by atoms with Gasteiger partial charge in [-0.1, -0.05) is 25.1 Å². The van der Waals surface area contributed by atoms with Crippen LogP contribution in [0.25, 0.3) is 0 Å². The summed E-state index contributed by atoms with van der Waals surface area (Å²) in [6.45, 7) is 3.37. The minimum Gasteiger partial charge on any atom is -0.496 e. The Labute approximate surface area is 149 Å². The Hall–Kier alpha value is -2.04. The van der Waals surface area contributed by atoms with Gasteiger partial charge in [-0.2, -0.15) is 0 Å². The SMILES string of the molecule is COc1ccccc1CCNC(=O)[C@@H]1CCCCN1C(=O)[C@H]1C[C@@H]1C. The third kappa shape index (κ3) is 4.14. The molecule has 0 spiro atoms. The third-order valence-corrected chi connectivity index (χ3v) is 5.40. The van der Waals surface area contributed by atoms with Gasteiger partial charge >= 0.3 is 0 Å². The van der Waals surface area contributed by atoms with Crippen LogP contribution in [0.5, 0.6) is 5.75 Å². The van der Waals surface area contributed by atoms with E-state index in [2.05, 4.69) is 12.2 Å². The number of nitrogens with zero attached hydrogens (tertiary/aromatic N) is 1. The molecule has 1 aromatic carbocycles. The second-order valence-corrected chi connectivity index (χ2v) is 7.22. The van der Waals surface area contributed by atoms with Crippen LogP contribution in [0.1, 0.15) is 38.2 Å². The van der Waals surface area contributed by atoms with Crippen LogP contribution in [-0.4, -0.2) is 43.0 Å². The van der Waals surface area contributed by atoms with Crippen molar-refractivity contribution < 1.29 is 14.3 Å². The molecule has 1 N–H and O–H groups in total. The van der Waals surface area contributed by atoms with E-state index < -0.39 is 0 Å². The maximum absolute atomic E-state index is 12.6. The first-order valence-corrected chi connectivity index (χ1v) is 9.32. The molecule has 2 fully saturated rings. The zero-order valence-corrected chi connectivity index (χ0v) is 15.2. The number of piperidine rings is 1. The van der Waals surface area contributed by atoms with Crippen LogP contribution in [0.15, 0.2) is 24.3 Å². The summed E-state index contributed by atoms with van der Waals surface area (Å²) in [5, 5.41) is 3.02. The number of carbonyl (C=O) groups excluding carboxylic acids is 2. The monoisotopic (exact) mass is 344 g/mol. The highest BCUT2D eigenvalue weighted by Crippen LogP contribution is 2.40. The summed E-state index contributed by atoms with van der Waals surface area (Å²) in [5.41, 5.74) is 1.08. The highest BCUT2D eigenvalue weighted by Gasteiger charge is 2.44. The lowest BCUT2D eigenvalue weighted by atomic mass is 10.00. The highest BCUT2D eigenvalue weighted by molar-refractivity contribution is 5.89. The van der Waals surface area contributed by atoms with E-state index in [1.54, 1.807) is 7.11 Å². The van der Waals surface area contributed by atoms with Gasteiger partial charge in [-0.05, 0) is 49.7 Å². The van der Waals surface area contributed by atoms with Gasteiger partial charge in [0.05, 0.1) is 7.11 Å². The molecule has 25 heavy (non-hydrogen) atoms. The standard InChI is InChI=1S/C20H28N2O3/c1-14-13-16(14)20(24)22-12-6-5-8-17(22)19(23)21-11-10-15-7-3-4-9-18(15)25-2/h3-4,7,9,14,16-17H,5-6,8,10-13H2,1-2H3,(H,21,23)/t14-,16-,17-/m0/s1. The lowest BCUT2D eigenvalue weighted by Crippen LogP contribution is -2.52. The van der Waals surface area contributed by atoms with E-state index in [9.17, 15) is 9.59 Å². The molecular weight excluding hydrogens is 316 g/mol. The van der Waals surface area contributed by atoms with Gasteiger partial charge in [-0.15, -0.1) is 0 Å². The second-order valence-electron chi connectivity index (χ2n) is 7.22. The van der Waals surface area contributed by atoms with Crippen LogP contribution in [0.3, 0.4) is 0 Å². The number of methoxy groups -OCH3 is 1. The van der Waals surface area contributed by atoms with Crippen molar-refractivity contribution in [3.05, 3.63) is 29.8 Å². The van der Waals surface area contributed by atoms with Crippen molar-refractivity contribution in [1.82, 2.24) is 10.2 Å². The summed E-state index contributed by atoms with van der Waals surface area (Å²) in [4.78, 5) is 27.1. The summed E-state index contributed by atoms with van der Waals surface area (Å²) in [6.07, 6.45) is 4.47. The van der Waals surface area contributed by atoms with Gasteiger partial charge in [-0.3, -0.25) is 9.59 Å². The predicted molar refractivity (Wildman–Crippen MR) is 96.3 cm³/mol. The molecule has 0 aromatic heterocycles. The van der Waals surface area contributed by atoms with Gasteiger partial charge in [0.15, 0.2) is 0 Å². The minimum atomic E-state index is -0.299. The van der Waals surface area contributed by atoms with E-state index in [-0.39, 0.29) is 23.8 Å². The van der Waals surface area contributed by atoms with E-state index in [0.717, 1.165) is 43.4 Å². The van der Waals surface area contributed by atoms with Crippen molar-refractivity contribution in [3.63, 3.8) is 0 Å². The maximum atomic E-state index is 12.6. The molecule has 2 amide bonds. The molecule has 5 nitrogen and oxygen atoms in total. The van der Waals surface area contributed by atoms with E-state index in [4.69, 9.17) is 4.74 Å². The molecule has 3 rings (SSSR count). The van der Waals surface area contributed by atoms with E-state index >= 15 is 0 Å². The van der Waals surface area contributed by atoms with Crippen molar-refractivity contribution in [2.24, 2.45) is 11.8 Å². The number of carbonyl (C=O) groups is 2. The predicted octanol–water partition coefficient (Wildman–Crippen LogP) is 2.39. The van der Waals surface area contributed by atoms with E-state index in [1.807, 2.05) is 29.2 Å². The number of para-hydroxylation sites is 1. The first-order valence-electron chi connectivity index (χ1n) is 9.32. The fraction of sp³-hybridized carbons (Fsp3) is 0.600. The number of amides is 2. The normalized spacial score (nSPS) is 25.4. The Morgan fingerprint density at radius 3 is 2.76 bits per heavy atom.